The molecular weight excluding hydrogens is 313 g/mol. The molecule has 1 heterocycles. The number of nitrogens with zero attached hydrogens (tertiary/aromatic N) is 1. The fraction of sp³-hybridized carbons (Fsp3) is 0.357. The molecule has 22 heavy (non-hydrogen) atoms. The fourth-order valence-corrected chi connectivity index (χ4v) is 2.24. The number of imide groups is 1. The molecule has 1 aliphatic rings. The molecule has 1 atom stereocenters. The van der Waals surface area contributed by atoms with E-state index in [9.17, 15) is 18.8 Å². The highest BCUT2D eigenvalue weighted by Crippen LogP contribution is 2.19. The summed E-state index contributed by atoms with van der Waals surface area (Å²) in [6.45, 7) is 3.18. The number of urea groups is 1. The molecule has 118 valence electrons. The van der Waals surface area contributed by atoms with E-state index in [2.05, 4.69) is 10.6 Å². The number of benzene rings is 1. The van der Waals surface area contributed by atoms with Crippen LogP contribution in [0.3, 0.4) is 0 Å². The first-order valence-corrected chi connectivity index (χ1v) is 7.04. The summed E-state index contributed by atoms with van der Waals surface area (Å²) in [7, 11) is 0. The number of carbonyl (C=O) groups excluding carboxylic acids is 3. The van der Waals surface area contributed by atoms with Crippen LogP contribution in [0.5, 0.6) is 0 Å². The molecule has 8 heteroatoms. The molecule has 0 radical (unpaired) electrons. The van der Waals surface area contributed by atoms with Crippen molar-refractivity contribution in [2.75, 3.05) is 11.9 Å². The van der Waals surface area contributed by atoms with E-state index in [4.69, 9.17) is 11.6 Å². The first kappa shape index (κ1) is 16.2. The normalized spacial score (nSPS) is 17.9. The van der Waals surface area contributed by atoms with Crippen LogP contribution in [0.15, 0.2) is 18.2 Å². The quantitative estimate of drug-likeness (QED) is 0.830. The van der Waals surface area contributed by atoms with Crippen LogP contribution in [-0.2, 0) is 9.59 Å². The van der Waals surface area contributed by atoms with Gasteiger partial charge in [-0.15, -0.1) is 0 Å². The van der Waals surface area contributed by atoms with Crippen LogP contribution in [0.25, 0.3) is 0 Å². The summed E-state index contributed by atoms with van der Waals surface area (Å²) in [6.07, 6.45) is 0. The number of nitrogens with one attached hydrogen (secondary N) is 2. The van der Waals surface area contributed by atoms with Crippen LogP contribution >= 0.6 is 11.6 Å². The van der Waals surface area contributed by atoms with Crippen molar-refractivity contribution in [2.45, 2.75) is 19.9 Å². The predicted molar refractivity (Wildman–Crippen MR) is 78.9 cm³/mol. The predicted octanol–water partition coefficient (Wildman–Crippen LogP) is 1.99. The molecule has 1 aromatic rings. The Bertz CT molecular complexity index is 636. The summed E-state index contributed by atoms with van der Waals surface area (Å²) in [6, 6.07) is 2.47. The average Bonchev–Trinajstić information content (AvgIpc) is 2.71. The van der Waals surface area contributed by atoms with Gasteiger partial charge in [-0.2, -0.15) is 0 Å². The molecule has 0 bridgehead atoms. The Labute approximate surface area is 131 Å². The van der Waals surface area contributed by atoms with Gasteiger partial charge in [0.25, 0.3) is 5.91 Å². The van der Waals surface area contributed by atoms with Gasteiger partial charge in [0.15, 0.2) is 0 Å². The molecule has 0 spiro atoms. The maximum absolute atomic E-state index is 13.0. The molecule has 4 amide bonds. The Morgan fingerprint density at radius 1 is 1.45 bits per heavy atom. The highest BCUT2D eigenvalue weighted by Gasteiger charge is 2.40. The largest absolute Gasteiger partial charge is 0.326 e. The zero-order chi connectivity index (χ0) is 16.4. The van der Waals surface area contributed by atoms with Crippen LogP contribution in [-0.4, -0.2) is 35.3 Å². The minimum absolute atomic E-state index is 0.0691. The second kappa shape index (κ2) is 6.31. The second-order valence-corrected chi connectivity index (χ2v) is 5.68. The van der Waals surface area contributed by atoms with Gasteiger partial charge in [0.05, 0.1) is 5.02 Å². The van der Waals surface area contributed by atoms with E-state index in [1.54, 1.807) is 13.8 Å². The lowest BCUT2D eigenvalue weighted by molar-refractivity contribution is -0.131. The standard InChI is InChI=1S/C14H15ClFN3O3/c1-7(2)12-13(21)19(14(22)18-12)6-11(20)17-8-3-4-10(16)9(15)5-8/h3-5,7,12H,6H2,1-2H3,(H,17,20)(H,18,22). The highest BCUT2D eigenvalue weighted by molar-refractivity contribution is 6.31. The summed E-state index contributed by atoms with van der Waals surface area (Å²) >= 11 is 5.61. The van der Waals surface area contributed by atoms with E-state index < -0.39 is 36.2 Å². The van der Waals surface area contributed by atoms with E-state index in [0.717, 1.165) is 11.0 Å². The van der Waals surface area contributed by atoms with E-state index in [0.29, 0.717) is 0 Å². The third-order valence-electron chi connectivity index (χ3n) is 3.23. The second-order valence-electron chi connectivity index (χ2n) is 5.27. The monoisotopic (exact) mass is 327 g/mol. The van der Waals surface area contributed by atoms with Gasteiger partial charge in [-0.05, 0) is 24.1 Å². The van der Waals surface area contributed by atoms with Gasteiger partial charge < -0.3 is 10.6 Å². The molecule has 1 fully saturated rings. The van der Waals surface area contributed by atoms with E-state index >= 15 is 0 Å². The van der Waals surface area contributed by atoms with E-state index in [1.807, 2.05) is 0 Å². The van der Waals surface area contributed by atoms with Crippen molar-refractivity contribution in [1.29, 1.82) is 0 Å². The number of hydrogen-bond donors (Lipinski definition) is 2. The molecule has 0 aliphatic carbocycles. The first-order valence-electron chi connectivity index (χ1n) is 6.66. The lowest BCUT2D eigenvalue weighted by Gasteiger charge is -2.14. The lowest BCUT2D eigenvalue weighted by atomic mass is 10.1. The molecule has 6 nitrogen and oxygen atoms in total. The number of anilines is 1. The molecule has 0 saturated carbocycles. The summed E-state index contributed by atoms with van der Waals surface area (Å²) in [5.41, 5.74) is 0.281. The van der Waals surface area contributed by atoms with Gasteiger partial charge in [0.1, 0.15) is 18.4 Å². The SMILES string of the molecule is CC(C)C1NC(=O)N(CC(=O)Nc2ccc(F)c(Cl)c2)C1=O. The van der Waals surface area contributed by atoms with Gasteiger partial charge in [-0.1, -0.05) is 25.4 Å². The van der Waals surface area contributed by atoms with Crippen LogP contribution in [0.4, 0.5) is 14.9 Å². The maximum Gasteiger partial charge on any atom is 0.325 e. The van der Waals surface area contributed by atoms with Gasteiger partial charge in [-0.3, -0.25) is 14.5 Å². The molecule has 1 aromatic carbocycles. The smallest absolute Gasteiger partial charge is 0.325 e. The van der Waals surface area contributed by atoms with Crippen molar-refractivity contribution in [1.82, 2.24) is 10.2 Å². The van der Waals surface area contributed by atoms with Crippen LogP contribution < -0.4 is 10.6 Å². The third-order valence-corrected chi connectivity index (χ3v) is 3.52. The number of hydrogen-bond acceptors (Lipinski definition) is 3. The topological polar surface area (TPSA) is 78.5 Å². The zero-order valence-electron chi connectivity index (χ0n) is 12.0. The average molecular weight is 328 g/mol. The fourth-order valence-electron chi connectivity index (χ4n) is 2.06. The Kier molecular flexibility index (Phi) is 4.65. The van der Waals surface area contributed by atoms with Gasteiger partial charge in [0.2, 0.25) is 5.91 Å². The van der Waals surface area contributed by atoms with Gasteiger partial charge in [0, 0.05) is 5.69 Å². The summed E-state index contributed by atoms with van der Waals surface area (Å²) in [5, 5.41) is 4.85. The molecule has 2 rings (SSSR count). The van der Waals surface area contributed by atoms with Gasteiger partial charge in [-0.25, -0.2) is 9.18 Å². The molecule has 2 N–H and O–H groups in total. The van der Waals surface area contributed by atoms with Crippen molar-refractivity contribution in [3.63, 3.8) is 0 Å². The molecule has 0 aromatic heterocycles. The van der Waals surface area contributed by atoms with Crippen molar-refractivity contribution < 1.29 is 18.8 Å². The van der Waals surface area contributed by atoms with Crippen molar-refractivity contribution in [3.8, 4) is 0 Å². The molecule has 1 saturated heterocycles. The third kappa shape index (κ3) is 3.36. The molecule has 1 aliphatic heterocycles. The summed E-state index contributed by atoms with van der Waals surface area (Å²) < 4.78 is 13.0. The number of carbonyl (C=O) groups is 3. The molecule has 1 unspecified atom stereocenters. The lowest BCUT2D eigenvalue weighted by Crippen LogP contribution is -2.39. The maximum atomic E-state index is 13.0. The summed E-state index contributed by atoms with van der Waals surface area (Å²) in [4.78, 5) is 36.5. The Morgan fingerprint density at radius 2 is 2.14 bits per heavy atom. The van der Waals surface area contributed by atoms with Gasteiger partial charge >= 0.3 is 6.03 Å². The number of halogens is 2. The van der Waals surface area contributed by atoms with Crippen LogP contribution in [0.2, 0.25) is 5.02 Å². The first-order chi connectivity index (χ1) is 10.3. The van der Waals surface area contributed by atoms with E-state index in [-0.39, 0.29) is 16.6 Å². The van der Waals surface area contributed by atoms with Crippen molar-refractivity contribution in [3.05, 3.63) is 29.0 Å². The van der Waals surface area contributed by atoms with Crippen LogP contribution in [0, 0.1) is 11.7 Å². The van der Waals surface area contributed by atoms with Crippen molar-refractivity contribution in [2.24, 2.45) is 5.92 Å². The highest BCUT2D eigenvalue weighted by atomic mass is 35.5. The Balaban J connectivity index is 2.01. The minimum Gasteiger partial charge on any atom is -0.326 e. The molecular formula is C14H15ClFN3O3. The van der Waals surface area contributed by atoms with Crippen molar-refractivity contribution >= 4 is 35.1 Å². The zero-order valence-corrected chi connectivity index (χ0v) is 12.8. The minimum atomic E-state index is -0.624. The Hall–Kier alpha value is -2.15. The summed E-state index contributed by atoms with van der Waals surface area (Å²) in [5.74, 6) is -1.68. The van der Waals surface area contributed by atoms with Crippen LogP contribution in [0.1, 0.15) is 13.8 Å². The van der Waals surface area contributed by atoms with E-state index in [1.165, 1.54) is 12.1 Å². The number of rotatable bonds is 4. The number of amides is 4. The Morgan fingerprint density at radius 3 is 2.68 bits per heavy atom.